The summed E-state index contributed by atoms with van der Waals surface area (Å²) in [6, 6.07) is 3.69. The summed E-state index contributed by atoms with van der Waals surface area (Å²) < 4.78 is 2.26. The van der Waals surface area contributed by atoms with E-state index in [-0.39, 0.29) is 0 Å². The van der Waals surface area contributed by atoms with Crippen molar-refractivity contribution in [2.45, 2.75) is 76.8 Å². The maximum absolute atomic E-state index is 4.86. The first kappa shape index (κ1) is 14.1. The average Bonchev–Trinajstić information content (AvgIpc) is 3.11. The highest BCUT2D eigenvalue weighted by atomic mass is 15.3. The summed E-state index contributed by atoms with van der Waals surface area (Å²) in [6.45, 7) is 3.31. The Morgan fingerprint density at radius 3 is 2.85 bits per heavy atom. The third-order valence-electron chi connectivity index (χ3n) is 5.14. The molecule has 0 spiro atoms. The minimum Gasteiger partial charge on any atom is -0.314 e. The molecule has 2 atom stereocenters. The summed E-state index contributed by atoms with van der Waals surface area (Å²) >= 11 is 0. The average molecular weight is 275 g/mol. The molecule has 0 aliphatic heterocycles. The predicted octanol–water partition coefficient (Wildman–Crippen LogP) is 3.71. The van der Waals surface area contributed by atoms with Crippen LogP contribution in [0.5, 0.6) is 0 Å². The smallest absolute Gasteiger partial charge is 0.0627 e. The molecule has 2 aliphatic carbocycles. The van der Waals surface area contributed by atoms with Gasteiger partial charge in [0, 0.05) is 12.2 Å². The van der Waals surface area contributed by atoms with Crippen LogP contribution in [-0.4, -0.2) is 22.4 Å². The van der Waals surface area contributed by atoms with Crippen LogP contribution in [0, 0.1) is 5.92 Å². The van der Waals surface area contributed by atoms with Gasteiger partial charge in [-0.25, -0.2) is 0 Å². The van der Waals surface area contributed by atoms with E-state index in [0.717, 1.165) is 18.5 Å². The number of hydrogen-bond acceptors (Lipinski definition) is 2. The van der Waals surface area contributed by atoms with Crippen LogP contribution >= 0.6 is 0 Å². The standard InChI is InChI=1S/C17H29N3/c1-2-18-15-9-8-14(12-15)13-16-10-11-20(19-16)17-6-4-3-5-7-17/h10-11,14-15,17-18H,2-9,12-13H2,1H3. The number of nitrogens with zero attached hydrogens (tertiary/aromatic N) is 2. The Balaban J connectivity index is 1.52. The zero-order valence-corrected chi connectivity index (χ0v) is 12.9. The van der Waals surface area contributed by atoms with E-state index in [1.54, 1.807) is 0 Å². The lowest BCUT2D eigenvalue weighted by atomic mass is 9.96. The summed E-state index contributed by atoms with van der Waals surface area (Å²) in [6.07, 6.45) is 14.3. The lowest BCUT2D eigenvalue weighted by Crippen LogP contribution is -2.25. The topological polar surface area (TPSA) is 29.9 Å². The molecule has 3 nitrogen and oxygen atoms in total. The number of aromatic nitrogens is 2. The number of hydrogen-bond donors (Lipinski definition) is 1. The fraction of sp³-hybridized carbons (Fsp3) is 0.824. The van der Waals surface area contributed by atoms with Gasteiger partial charge in [-0.3, -0.25) is 4.68 Å². The van der Waals surface area contributed by atoms with E-state index < -0.39 is 0 Å². The second kappa shape index (κ2) is 6.75. The summed E-state index contributed by atoms with van der Waals surface area (Å²) in [7, 11) is 0. The highest BCUT2D eigenvalue weighted by molar-refractivity contribution is 5.02. The summed E-state index contributed by atoms with van der Waals surface area (Å²) in [4.78, 5) is 0. The zero-order chi connectivity index (χ0) is 13.8. The van der Waals surface area contributed by atoms with E-state index in [1.165, 1.54) is 63.5 Å². The van der Waals surface area contributed by atoms with Gasteiger partial charge in [0.15, 0.2) is 0 Å². The maximum Gasteiger partial charge on any atom is 0.0627 e. The molecule has 0 bridgehead atoms. The molecule has 2 saturated carbocycles. The fourth-order valence-electron chi connectivity index (χ4n) is 4.07. The molecule has 3 heteroatoms. The van der Waals surface area contributed by atoms with Gasteiger partial charge in [-0.2, -0.15) is 5.10 Å². The zero-order valence-electron chi connectivity index (χ0n) is 12.9. The molecular weight excluding hydrogens is 246 g/mol. The van der Waals surface area contributed by atoms with Crippen molar-refractivity contribution in [3.8, 4) is 0 Å². The van der Waals surface area contributed by atoms with Gasteiger partial charge >= 0.3 is 0 Å². The van der Waals surface area contributed by atoms with Crippen LogP contribution in [0.1, 0.15) is 70.0 Å². The molecule has 3 rings (SSSR count). The van der Waals surface area contributed by atoms with Gasteiger partial charge in [-0.15, -0.1) is 0 Å². The molecule has 2 unspecified atom stereocenters. The Morgan fingerprint density at radius 2 is 2.05 bits per heavy atom. The molecule has 2 fully saturated rings. The van der Waals surface area contributed by atoms with Gasteiger partial charge in [-0.05, 0) is 57.1 Å². The summed E-state index contributed by atoms with van der Waals surface area (Å²) in [5, 5.41) is 8.46. The van der Waals surface area contributed by atoms with Crippen LogP contribution in [-0.2, 0) is 6.42 Å². The molecule has 1 heterocycles. The SMILES string of the molecule is CCNC1CCC(Cc2ccn(C3CCCCC3)n2)C1. The molecule has 1 N–H and O–H groups in total. The molecule has 2 aliphatic rings. The van der Waals surface area contributed by atoms with Crippen LogP contribution in [0.15, 0.2) is 12.3 Å². The number of nitrogens with one attached hydrogen (secondary N) is 1. The molecule has 0 saturated heterocycles. The van der Waals surface area contributed by atoms with Crippen molar-refractivity contribution in [3.63, 3.8) is 0 Å². The first-order chi connectivity index (χ1) is 9.85. The van der Waals surface area contributed by atoms with Crippen molar-refractivity contribution in [2.75, 3.05) is 6.54 Å². The maximum atomic E-state index is 4.86. The summed E-state index contributed by atoms with van der Waals surface area (Å²) in [5.41, 5.74) is 1.32. The normalized spacial score (nSPS) is 28.1. The van der Waals surface area contributed by atoms with Crippen LogP contribution in [0.2, 0.25) is 0 Å². The number of rotatable bonds is 5. The van der Waals surface area contributed by atoms with Crippen molar-refractivity contribution in [3.05, 3.63) is 18.0 Å². The molecule has 20 heavy (non-hydrogen) atoms. The Kier molecular flexibility index (Phi) is 4.77. The molecule has 0 aromatic carbocycles. The van der Waals surface area contributed by atoms with Gasteiger partial charge in [0.05, 0.1) is 11.7 Å². The van der Waals surface area contributed by atoms with Gasteiger partial charge < -0.3 is 5.32 Å². The monoisotopic (exact) mass is 275 g/mol. The molecule has 1 aromatic rings. The Hall–Kier alpha value is -0.830. The molecule has 0 amide bonds. The summed E-state index contributed by atoms with van der Waals surface area (Å²) in [5.74, 6) is 0.841. The Bertz CT molecular complexity index is 406. The van der Waals surface area contributed by atoms with Crippen LogP contribution < -0.4 is 5.32 Å². The van der Waals surface area contributed by atoms with Crippen molar-refractivity contribution >= 4 is 0 Å². The first-order valence-electron chi connectivity index (χ1n) is 8.62. The van der Waals surface area contributed by atoms with Gasteiger partial charge in [0.25, 0.3) is 0 Å². The lowest BCUT2D eigenvalue weighted by molar-refractivity contribution is 0.327. The molecule has 0 radical (unpaired) electrons. The Labute approximate surface area is 123 Å². The lowest BCUT2D eigenvalue weighted by Gasteiger charge is -2.21. The van der Waals surface area contributed by atoms with Gasteiger partial charge in [0.1, 0.15) is 0 Å². The second-order valence-electron chi connectivity index (χ2n) is 6.72. The van der Waals surface area contributed by atoms with Crippen molar-refractivity contribution in [1.29, 1.82) is 0 Å². The predicted molar refractivity (Wildman–Crippen MR) is 82.9 cm³/mol. The highest BCUT2D eigenvalue weighted by Crippen LogP contribution is 2.30. The van der Waals surface area contributed by atoms with E-state index in [1.807, 2.05) is 0 Å². The van der Waals surface area contributed by atoms with E-state index in [9.17, 15) is 0 Å². The third kappa shape index (κ3) is 3.43. The Morgan fingerprint density at radius 1 is 1.20 bits per heavy atom. The van der Waals surface area contributed by atoms with Gasteiger partial charge in [0.2, 0.25) is 0 Å². The molecule has 1 aromatic heterocycles. The van der Waals surface area contributed by atoms with Crippen molar-refractivity contribution in [1.82, 2.24) is 15.1 Å². The minimum atomic E-state index is 0.676. The second-order valence-corrected chi connectivity index (χ2v) is 6.72. The van der Waals surface area contributed by atoms with Crippen LogP contribution in [0.3, 0.4) is 0 Å². The van der Waals surface area contributed by atoms with E-state index in [4.69, 9.17) is 5.10 Å². The fourth-order valence-corrected chi connectivity index (χ4v) is 4.07. The quantitative estimate of drug-likeness (QED) is 0.888. The van der Waals surface area contributed by atoms with Crippen LogP contribution in [0.25, 0.3) is 0 Å². The van der Waals surface area contributed by atoms with E-state index in [0.29, 0.717) is 6.04 Å². The van der Waals surface area contributed by atoms with Crippen molar-refractivity contribution in [2.24, 2.45) is 5.92 Å². The molecule has 112 valence electrons. The van der Waals surface area contributed by atoms with Gasteiger partial charge in [-0.1, -0.05) is 26.2 Å². The first-order valence-corrected chi connectivity index (χ1v) is 8.62. The van der Waals surface area contributed by atoms with Crippen LogP contribution in [0.4, 0.5) is 0 Å². The van der Waals surface area contributed by atoms with E-state index in [2.05, 4.69) is 29.2 Å². The van der Waals surface area contributed by atoms with Crippen molar-refractivity contribution < 1.29 is 0 Å². The highest BCUT2D eigenvalue weighted by Gasteiger charge is 2.25. The largest absolute Gasteiger partial charge is 0.314 e. The minimum absolute atomic E-state index is 0.676. The third-order valence-corrected chi connectivity index (χ3v) is 5.14. The molecular formula is C17H29N3. The van der Waals surface area contributed by atoms with E-state index >= 15 is 0 Å².